The topological polar surface area (TPSA) is 136 Å². The Hall–Kier alpha value is -2.40. The van der Waals surface area contributed by atoms with Crippen LogP contribution in [0.1, 0.15) is 30.4 Å². The van der Waals surface area contributed by atoms with E-state index < -0.39 is 30.6 Å². The predicted molar refractivity (Wildman–Crippen MR) is 89.6 cm³/mol. The molecule has 4 atom stereocenters. The van der Waals surface area contributed by atoms with Crippen molar-refractivity contribution in [1.29, 1.82) is 0 Å². The third-order valence-corrected chi connectivity index (χ3v) is 4.67. The lowest BCUT2D eigenvalue weighted by molar-refractivity contribution is -0.118. The number of hydrogen-bond acceptors (Lipinski definition) is 8. The quantitative estimate of drug-likeness (QED) is 0.624. The third kappa shape index (κ3) is 2.67. The van der Waals surface area contributed by atoms with Crippen LogP contribution in [-0.2, 0) is 14.3 Å². The second kappa shape index (κ2) is 6.72. The Morgan fingerprint density at radius 1 is 1.54 bits per heavy atom. The summed E-state index contributed by atoms with van der Waals surface area (Å²) in [6, 6.07) is 0. The molecule has 1 aliphatic rings. The molecule has 26 heavy (non-hydrogen) atoms. The maximum Gasteiger partial charge on any atom is 0.222 e. The lowest BCUT2D eigenvalue weighted by Gasteiger charge is -2.31. The van der Waals surface area contributed by atoms with Crippen LogP contribution in [0, 0.1) is 0 Å². The summed E-state index contributed by atoms with van der Waals surface area (Å²) in [6.45, 7) is 2.57. The second-order valence-corrected chi connectivity index (χ2v) is 6.25. The summed E-state index contributed by atoms with van der Waals surface area (Å²) in [6.07, 6.45) is 0.530. The van der Waals surface area contributed by atoms with E-state index >= 15 is 0 Å². The van der Waals surface area contributed by atoms with Gasteiger partial charge in [0.2, 0.25) is 5.91 Å². The smallest absolute Gasteiger partial charge is 0.222 e. The van der Waals surface area contributed by atoms with Gasteiger partial charge in [0.1, 0.15) is 35.6 Å². The SMILES string of the molecule is COC1(C)C(O)C(CO)O[C@H]1n1cc(C=O)c2c(NC(C)=O)ncnc21. The van der Waals surface area contributed by atoms with Gasteiger partial charge in [-0.05, 0) is 6.92 Å². The maximum absolute atomic E-state index is 11.6. The summed E-state index contributed by atoms with van der Waals surface area (Å²) in [5, 5.41) is 22.8. The summed E-state index contributed by atoms with van der Waals surface area (Å²) in [7, 11) is 1.42. The Labute approximate surface area is 148 Å². The van der Waals surface area contributed by atoms with Gasteiger partial charge in [-0.15, -0.1) is 0 Å². The number of carbonyl (C=O) groups is 2. The predicted octanol–water partition coefficient (Wildman–Crippen LogP) is -0.142. The van der Waals surface area contributed by atoms with Crippen LogP contribution >= 0.6 is 0 Å². The highest BCUT2D eigenvalue weighted by atomic mass is 16.6. The average Bonchev–Trinajstić information content (AvgIpc) is 3.11. The standard InChI is InChI=1S/C16H20N4O6/c1-8(23)19-13-11-9(5-21)4-20(14(11)18-7-17-13)15-16(2,25-3)12(24)10(6-22)26-15/h4-5,7,10,12,15,22,24H,6H2,1-3H3,(H,17,18,19,23)/t10?,12?,15-,16?/m1/s1. The van der Waals surface area contributed by atoms with Crippen molar-refractivity contribution in [3.63, 3.8) is 0 Å². The molecular formula is C16H20N4O6. The van der Waals surface area contributed by atoms with Gasteiger partial charge in [0.25, 0.3) is 0 Å². The normalized spacial score (nSPS) is 28.4. The van der Waals surface area contributed by atoms with Gasteiger partial charge in [0.15, 0.2) is 12.5 Å². The molecule has 3 unspecified atom stereocenters. The molecule has 0 spiro atoms. The molecule has 3 N–H and O–H groups in total. The summed E-state index contributed by atoms with van der Waals surface area (Å²) in [5.41, 5.74) is -0.628. The van der Waals surface area contributed by atoms with Crippen LogP contribution in [0.4, 0.5) is 5.82 Å². The minimum Gasteiger partial charge on any atom is -0.394 e. The van der Waals surface area contributed by atoms with E-state index in [1.54, 1.807) is 6.92 Å². The van der Waals surface area contributed by atoms with E-state index in [2.05, 4.69) is 15.3 Å². The highest BCUT2D eigenvalue weighted by Gasteiger charge is 2.54. The Kier molecular flexibility index (Phi) is 4.76. The number of ether oxygens (including phenoxy) is 2. The van der Waals surface area contributed by atoms with Crippen molar-refractivity contribution >= 4 is 29.0 Å². The molecule has 1 saturated heterocycles. The first-order valence-corrected chi connectivity index (χ1v) is 7.95. The van der Waals surface area contributed by atoms with E-state index in [1.165, 1.54) is 31.1 Å². The van der Waals surface area contributed by atoms with Crippen molar-refractivity contribution in [2.45, 2.75) is 37.9 Å². The minimum absolute atomic E-state index is 0.194. The van der Waals surface area contributed by atoms with Crippen molar-refractivity contribution in [1.82, 2.24) is 14.5 Å². The number of aliphatic hydroxyl groups excluding tert-OH is 2. The van der Waals surface area contributed by atoms with Gasteiger partial charge in [0.05, 0.1) is 12.0 Å². The van der Waals surface area contributed by atoms with Gasteiger partial charge in [0, 0.05) is 25.8 Å². The number of aliphatic hydroxyl groups is 2. The van der Waals surface area contributed by atoms with E-state index in [9.17, 15) is 19.8 Å². The zero-order valence-electron chi connectivity index (χ0n) is 14.5. The molecule has 3 rings (SSSR count). The van der Waals surface area contributed by atoms with Crippen molar-refractivity contribution in [2.75, 3.05) is 19.0 Å². The Morgan fingerprint density at radius 3 is 2.85 bits per heavy atom. The van der Waals surface area contributed by atoms with Crippen LogP contribution in [0.3, 0.4) is 0 Å². The zero-order valence-corrected chi connectivity index (χ0v) is 14.5. The van der Waals surface area contributed by atoms with Crippen molar-refractivity contribution in [3.05, 3.63) is 18.1 Å². The van der Waals surface area contributed by atoms with Crippen LogP contribution < -0.4 is 5.32 Å². The lowest BCUT2D eigenvalue weighted by atomic mass is 9.96. The molecule has 2 aromatic rings. The Bertz CT molecular complexity index is 853. The molecule has 140 valence electrons. The molecule has 1 fully saturated rings. The zero-order chi connectivity index (χ0) is 19.1. The van der Waals surface area contributed by atoms with E-state index in [1.807, 2.05) is 0 Å². The first-order valence-electron chi connectivity index (χ1n) is 7.95. The van der Waals surface area contributed by atoms with Gasteiger partial charge in [-0.2, -0.15) is 0 Å². The molecular weight excluding hydrogens is 344 g/mol. The largest absolute Gasteiger partial charge is 0.394 e. The molecule has 0 saturated carbocycles. The average molecular weight is 364 g/mol. The molecule has 10 nitrogen and oxygen atoms in total. The molecule has 1 amide bonds. The number of aromatic nitrogens is 3. The van der Waals surface area contributed by atoms with Crippen molar-refractivity contribution in [3.8, 4) is 0 Å². The Balaban J connectivity index is 2.20. The summed E-state index contributed by atoms with van der Waals surface area (Å²) < 4.78 is 12.8. The van der Waals surface area contributed by atoms with Crippen LogP contribution in [0.5, 0.6) is 0 Å². The molecule has 0 aliphatic carbocycles. The minimum atomic E-state index is -1.20. The fourth-order valence-corrected chi connectivity index (χ4v) is 3.24. The summed E-state index contributed by atoms with van der Waals surface area (Å²) >= 11 is 0. The molecule has 0 bridgehead atoms. The van der Waals surface area contributed by atoms with Crippen molar-refractivity contribution < 1.29 is 29.3 Å². The number of anilines is 1. The van der Waals surface area contributed by atoms with Crippen LogP contribution in [0.25, 0.3) is 11.0 Å². The molecule has 1 aliphatic heterocycles. The molecule has 3 heterocycles. The van der Waals surface area contributed by atoms with Crippen LogP contribution in [0.2, 0.25) is 0 Å². The van der Waals surface area contributed by atoms with Gasteiger partial charge in [-0.3, -0.25) is 9.59 Å². The first kappa shape index (κ1) is 18.4. The number of methoxy groups -OCH3 is 1. The first-order chi connectivity index (χ1) is 12.4. The number of carbonyl (C=O) groups excluding carboxylic acids is 2. The number of fused-ring (bicyclic) bond motifs is 1. The lowest BCUT2D eigenvalue weighted by Crippen LogP contribution is -2.46. The van der Waals surface area contributed by atoms with Crippen LogP contribution in [-0.4, -0.2) is 68.5 Å². The molecule has 0 aromatic carbocycles. The fourth-order valence-electron chi connectivity index (χ4n) is 3.24. The maximum atomic E-state index is 11.6. The van der Waals surface area contributed by atoms with E-state index in [-0.39, 0.29) is 17.3 Å². The van der Waals surface area contributed by atoms with Crippen LogP contribution in [0.15, 0.2) is 12.5 Å². The van der Waals surface area contributed by atoms with Gasteiger partial charge in [-0.1, -0.05) is 0 Å². The fraction of sp³-hybridized carbons (Fsp3) is 0.500. The van der Waals surface area contributed by atoms with Crippen molar-refractivity contribution in [2.24, 2.45) is 0 Å². The number of rotatable bonds is 5. The molecule has 2 aromatic heterocycles. The monoisotopic (exact) mass is 364 g/mol. The van der Waals surface area contributed by atoms with Gasteiger partial charge >= 0.3 is 0 Å². The Morgan fingerprint density at radius 2 is 2.27 bits per heavy atom. The summed E-state index contributed by atoms with van der Waals surface area (Å²) in [5.74, 6) is -0.149. The van der Waals surface area contributed by atoms with E-state index in [0.29, 0.717) is 17.3 Å². The number of aldehydes is 1. The molecule has 0 radical (unpaired) electrons. The van der Waals surface area contributed by atoms with E-state index in [4.69, 9.17) is 9.47 Å². The molecule has 10 heteroatoms. The van der Waals surface area contributed by atoms with E-state index in [0.717, 1.165) is 0 Å². The highest BCUT2D eigenvalue weighted by molar-refractivity contribution is 6.05. The summed E-state index contributed by atoms with van der Waals surface area (Å²) in [4.78, 5) is 31.2. The number of hydrogen-bond donors (Lipinski definition) is 3. The highest BCUT2D eigenvalue weighted by Crippen LogP contribution is 2.42. The third-order valence-electron chi connectivity index (χ3n) is 4.67. The second-order valence-electron chi connectivity index (χ2n) is 6.25. The number of nitrogens with one attached hydrogen (secondary N) is 1. The number of nitrogens with zero attached hydrogens (tertiary/aromatic N) is 3. The van der Waals surface area contributed by atoms with Gasteiger partial charge in [-0.25, -0.2) is 9.97 Å². The van der Waals surface area contributed by atoms with Gasteiger partial charge < -0.3 is 29.6 Å². The number of amides is 1.